The maximum Gasteiger partial charge on any atom is 0.0429 e. The zero-order valence-electron chi connectivity index (χ0n) is 5.57. The molecule has 3 nitrogen and oxygen atoms in total. The molecule has 0 aromatic rings. The average molecular weight is 117 g/mol. The summed E-state index contributed by atoms with van der Waals surface area (Å²) in [6.45, 7) is 5.18. The lowest BCUT2D eigenvalue weighted by atomic mass is 10.1. The number of nitrogens with two attached hydrogens (primary N) is 2. The zero-order valence-corrected chi connectivity index (χ0v) is 5.57. The molecule has 0 bridgehead atoms. The van der Waals surface area contributed by atoms with Gasteiger partial charge in [-0.1, -0.05) is 0 Å². The lowest BCUT2D eigenvalue weighted by molar-refractivity contribution is 0.472. The molecule has 0 spiro atoms. The van der Waals surface area contributed by atoms with Gasteiger partial charge in [0.25, 0.3) is 0 Å². The normalized spacial score (nSPS) is 12.0. The molecule has 0 amide bonds. The van der Waals surface area contributed by atoms with E-state index in [2.05, 4.69) is 5.32 Å². The van der Waals surface area contributed by atoms with Crippen LogP contribution in [0.1, 0.15) is 13.8 Å². The van der Waals surface area contributed by atoms with Gasteiger partial charge in [-0.3, -0.25) is 0 Å². The van der Waals surface area contributed by atoms with Crippen LogP contribution in [0.3, 0.4) is 0 Å². The second-order valence-corrected chi connectivity index (χ2v) is 2.62. The van der Waals surface area contributed by atoms with Crippen molar-refractivity contribution in [1.29, 1.82) is 0 Å². The molecule has 0 aromatic carbocycles. The first-order valence-electron chi connectivity index (χ1n) is 2.76. The smallest absolute Gasteiger partial charge is 0.0429 e. The summed E-state index contributed by atoms with van der Waals surface area (Å²) in [7, 11) is 0. The van der Waals surface area contributed by atoms with Crippen molar-refractivity contribution in [1.82, 2.24) is 5.32 Å². The van der Waals surface area contributed by atoms with Crippen LogP contribution in [0.15, 0.2) is 0 Å². The highest BCUT2D eigenvalue weighted by molar-refractivity contribution is 4.73. The van der Waals surface area contributed by atoms with E-state index in [0.717, 1.165) is 6.54 Å². The monoisotopic (exact) mass is 117 g/mol. The van der Waals surface area contributed by atoms with Gasteiger partial charge in [0, 0.05) is 18.8 Å². The molecule has 0 unspecified atom stereocenters. The van der Waals surface area contributed by atoms with E-state index in [9.17, 15) is 0 Å². The van der Waals surface area contributed by atoms with Crippen LogP contribution in [-0.2, 0) is 0 Å². The minimum atomic E-state index is -0.140. The molecule has 0 aromatic heterocycles. The topological polar surface area (TPSA) is 64.1 Å². The van der Waals surface area contributed by atoms with Crippen LogP contribution < -0.4 is 16.8 Å². The second kappa shape index (κ2) is 3.02. The van der Waals surface area contributed by atoms with Crippen LogP contribution in [0.25, 0.3) is 0 Å². The molecule has 0 saturated carbocycles. The maximum atomic E-state index is 5.60. The fourth-order valence-corrected chi connectivity index (χ4v) is 0.394. The van der Waals surface area contributed by atoms with Gasteiger partial charge in [-0.05, 0) is 13.8 Å². The predicted octanol–water partition coefficient (Wildman–Crippen LogP) is -0.770. The molecule has 0 heterocycles. The Morgan fingerprint density at radius 1 is 1.50 bits per heavy atom. The first-order valence-corrected chi connectivity index (χ1v) is 2.76. The predicted molar refractivity (Wildman–Crippen MR) is 35.3 cm³/mol. The highest BCUT2D eigenvalue weighted by Crippen LogP contribution is 1.90. The van der Waals surface area contributed by atoms with E-state index in [1.165, 1.54) is 0 Å². The standard InChI is InChI=1S/C5H15N3/c1-5(2,7)3-8-4-6/h8H,3-4,6-7H2,1-2H3. The van der Waals surface area contributed by atoms with Crippen molar-refractivity contribution in [3.63, 3.8) is 0 Å². The lowest BCUT2D eigenvalue weighted by Gasteiger charge is -2.17. The van der Waals surface area contributed by atoms with Gasteiger partial charge in [-0.25, -0.2) is 0 Å². The lowest BCUT2D eigenvalue weighted by Crippen LogP contribution is -2.44. The van der Waals surface area contributed by atoms with Gasteiger partial charge >= 0.3 is 0 Å². The van der Waals surface area contributed by atoms with E-state index in [-0.39, 0.29) is 5.54 Å². The number of hydrogen-bond acceptors (Lipinski definition) is 3. The van der Waals surface area contributed by atoms with Gasteiger partial charge in [-0.15, -0.1) is 0 Å². The highest BCUT2D eigenvalue weighted by atomic mass is 15.0. The Morgan fingerprint density at radius 3 is 2.12 bits per heavy atom. The molecule has 0 aliphatic heterocycles. The Labute approximate surface area is 50.4 Å². The summed E-state index contributed by atoms with van der Waals surface area (Å²) in [4.78, 5) is 0. The molecule has 0 aliphatic carbocycles. The minimum Gasteiger partial charge on any atom is -0.324 e. The summed E-state index contributed by atoms with van der Waals surface area (Å²) in [6, 6.07) is 0. The molecule has 0 aliphatic rings. The van der Waals surface area contributed by atoms with Crippen LogP contribution in [0.5, 0.6) is 0 Å². The summed E-state index contributed by atoms with van der Waals surface area (Å²) < 4.78 is 0. The quantitative estimate of drug-likeness (QED) is 0.425. The number of rotatable bonds is 3. The van der Waals surface area contributed by atoms with Crippen molar-refractivity contribution in [2.45, 2.75) is 19.4 Å². The summed E-state index contributed by atoms with van der Waals surface area (Å²) in [5.41, 5.74) is 10.6. The second-order valence-electron chi connectivity index (χ2n) is 2.62. The van der Waals surface area contributed by atoms with Gasteiger partial charge in [0.05, 0.1) is 0 Å². The van der Waals surface area contributed by atoms with Crippen LogP contribution in [0.2, 0.25) is 0 Å². The van der Waals surface area contributed by atoms with Gasteiger partial charge in [0.1, 0.15) is 0 Å². The Hall–Kier alpha value is -0.120. The molecular weight excluding hydrogens is 102 g/mol. The van der Waals surface area contributed by atoms with Crippen molar-refractivity contribution in [2.75, 3.05) is 13.2 Å². The fourth-order valence-electron chi connectivity index (χ4n) is 0.394. The molecule has 0 radical (unpaired) electrons. The minimum absolute atomic E-state index is 0.140. The molecule has 8 heavy (non-hydrogen) atoms. The SMILES string of the molecule is CC(C)(N)CNCN. The summed E-state index contributed by atoms with van der Waals surface area (Å²) in [6.07, 6.45) is 0. The fraction of sp³-hybridized carbons (Fsp3) is 1.00. The first kappa shape index (κ1) is 7.88. The van der Waals surface area contributed by atoms with E-state index in [0.29, 0.717) is 6.67 Å². The van der Waals surface area contributed by atoms with Crippen molar-refractivity contribution in [3.8, 4) is 0 Å². The van der Waals surface area contributed by atoms with Gasteiger partial charge < -0.3 is 16.8 Å². The molecule has 0 fully saturated rings. The van der Waals surface area contributed by atoms with Crippen molar-refractivity contribution in [2.24, 2.45) is 11.5 Å². The Kier molecular flexibility index (Phi) is 2.97. The van der Waals surface area contributed by atoms with Crippen LogP contribution in [0.4, 0.5) is 0 Å². The third-order valence-corrected chi connectivity index (χ3v) is 0.725. The summed E-state index contributed by atoms with van der Waals surface area (Å²) in [5, 5.41) is 2.94. The summed E-state index contributed by atoms with van der Waals surface area (Å²) >= 11 is 0. The van der Waals surface area contributed by atoms with Gasteiger partial charge in [-0.2, -0.15) is 0 Å². The molecule has 0 rings (SSSR count). The molecular formula is C5H15N3. The molecule has 50 valence electrons. The number of nitrogens with one attached hydrogen (secondary N) is 1. The van der Waals surface area contributed by atoms with E-state index in [1.54, 1.807) is 0 Å². The molecule has 0 atom stereocenters. The highest BCUT2D eigenvalue weighted by Gasteiger charge is 2.07. The van der Waals surface area contributed by atoms with E-state index in [1.807, 2.05) is 13.8 Å². The van der Waals surface area contributed by atoms with Crippen LogP contribution in [0, 0.1) is 0 Å². The maximum absolute atomic E-state index is 5.60. The Bertz CT molecular complexity index is 55.2. The summed E-state index contributed by atoms with van der Waals surface area (Å²) in [5.74, 6) is 0. The molecule has 3 heteroatoms. The number of hydrogen-bond donors (Lipinski definition) is 3. The third kappa shape index (κ3) is 5.88. The van der Waals surface area contributed by atoms with Crippen molar-refractivity contribution < 1.29 is 0 Å². The largest absolute Gasteiger partial charge is 0.324 e. The first-order chi connectivity index (χ1) is 3.56. The van der Waals surface area contributed by atoms with Crippen LogP contribution in [-0.4, -0.2) is 18.8 Å². The average Bonchev–Trinajstić information content (AvgIpc) is 1.59. The Morgan fingerprint density at radius 2 is 2.00 bits per heavy atom. The van der Waals surface area contributed by atoms with Gasteiger partial charge in [0.15, 0.2) is 0 Å². The molecule has 5 N–H and O–H groups in total. The van der Waals surface area contributed by atoms with E-state index in [4.69, 9.17) is 11.5 Å². The van der Waals surface area contributed by atoms with Gasteiger partial charge in [0.2, 0.25) is 0 Å². The Balaban J connectivity index is 3.11. The third-order valence-electron chi connectivity index (χ3n) is 0.725. The van der Waals surface area contributed by atoms with Crippen molar-refractivity contribution >= 4 is 0 Å². The van der Waals surface area contributed by atoms with Crippen molar-refractivity contribution in [3.05, 3.63) is 0 Å². The zero-order chi connectivity index (χ0) is 6.62. The van der Waals surface area contributed by atoms with E-state index >= 15 is 0 Å². The van der Waals surface area contributed by atoms with E-state index < -0.39 is 0 Å². The molecule has 0 saturated heterocycles. The van der Waals surface area contributed by atoms with Crippen LogP contribution >= 0.6 is 0 Å².